The highest BCUT2D eigenvalue weighted by Crippen LogP contribution is 2.29. The predicted octanol–water partition coefficient (Wildman–Crippen LogP) is 9.96. The third kappa shape index (κ3) is 26.6. The van der Waals surface area contributed by atoms with Crippen molar-refractivity contribution in [3.05, 3.63) is 130 Å². The summed E-state index contributed by atoms with van der Waals surface area (Å²) in [5, 5.41) is 17.2. The van der Waals surface area contributed by atoms with E-state index in [1.54, 1.807) is 36.4 Å². The van der Waals surface area contributed by atoms with Gasteiger partial charge in [-0.25, -0.2) is 13.8 Å². The van der Waals surface area contributed by atoms with Gasteiger partial charge in [0.05, 0.1) is 0 Å². The number of benzene rings is 4. The highest BCUT2D eigenvalue weighted by molar-refractivity contribution is 8.26. The summed E-state index contributed by atoms with van der Waals surface area (Å²) in [6.07, 6.45) is 5.48. The maximum absolute atomic E-state index is 11.9. The molecule has 0 heterocycles. The van der Waals surface area contributed by atoms with Crippen LogP contribution < -0.4 is 14.2 Å². The van der Waals surface area contributed by atoms with Crippen LogP contribution in [0, 0.1) is 27.7 Å². The molecule has 0 aromatic heterocycles. The number of carboxylic acid groups (broad SMARTS) is 1. The molecule has 0 bridgehead atoms. The molecule has 0 fully saturated rings. The first-order valence-electron chi connectivity index (χ1n) is 18.0. The average molecular weight is 859 g/mol. The molecule has 4 rings (SSSR count). The van der Waals surface area contributed by atoms with Crippen molar-refractivity contribution in [2.45, 2.75) is 62.3 Å². The van der Waals surface area contributed by atoms with E-state index in [1.807, 2.05) is 70.2 Å². The number of carbonyl (C=O) groups is 4. The van der Waals surface area contributed by atoms with E-state index in [9.17, 15) is 19.2 Å². The van der Waals surface area contributed by atoms with Crippen molar-refractivity contribution in [2.24, 2.45) is 0 Å². The van der Waals surface area contributed by atoms with Crippen molar-refractivity contribution in [2.75, 3.05) is 19.6 Å². The zero-order valence-corrected chi connectivity index (χ0v) is 36.6. The quantitative estimate of drug-likeness (QED) is 0.0677. The van der Waals surface area contributed by atoms with Crippen LogP contribution in [-0.2, 0) is 28.4 Å². The van der Waals surface area contributed by atoms with E-state index >= 15 is 0 Å². The molecule has 0 aliphatic heterocycles. The standard InChI is InChI=1S/C20H18O6.C11H12O2.C7H8O.C6H15N.Cl2OS/c1-13-4-8-17(9-5-13)26-20(23)11-7-16-6-10-18(24-14(2)21)19(12-16)25-15(3)22;1-8-3-4-10(7-9(8)2)5-6-11(12)13;1-6-2-4-7(8)5-3-6;1-4-7(5-2)6-3;1-4(2)3/h4-12H,1-3H3;3-7H,1-2H3,(H,12,13);2-5,8H,1H3;4-6H2,1-3H3;/b11-7+;6-5+;;;. The summed E-state index contributed by atoms with van der Waals surface area (Å²) in [6.45, 7) is 20.6. The molecule has 0 radical (unpaired) electrons. The van der Waals surface area contributed by atoms with Crippen LogP contribution in [0.15, 0.2) is 97.1 Å². The molecule has 2 N–H and O–H groups in total. The number of phenols is 1. The summed E-state index contributed by atoms with van der Waals surface area (Å²) in [4.78, 5) is 46.8. The molecule has 314 valence electrons. The molecule has 0 spiro atoms. The lowest BCUT2D eigenvalue weighted by molar-refractivity contribution is -0.134. The summed E-state index contributed by atoms with van der Waals surface area (Å²) < 4.78 is 24.3. The fourth-order valence-corrected chi connectivity index (χ4v) is 4.27. The number of aryl methyl sites for hydroxylation is 4. The monoisotopic (exact) mass is 857 g/mol. The van der Waals surface area contributed by atoms with E-state index in [4.69, 9.17) is 28.6 Å². The van der Waals surface area contributed by atoms with Crippen LogP contribution in [-0.4, -0.2) is 62.8 Å². The lowest BCUT2D eigenvalue weighted by Gasteiger charge is -2.13. The normalized spacial score (nSPS) is 10.2. The minimum absolute atomic E-state index is 0.0850. The Hall–Kier alpha value is -5.27. The van der Waals surface area contributed by atoms with Gasteiger partial charge in [0, 0.05) is 47.4 Å². The third-order valence-electron chi connectivity index (χ3n) is 7.45. The number of hydrogen-bond donors (Lipinski definition) is 2. The van der Waals surface area contributed by atoms with Gasteiger partial charge in [0.15, 0.2) is 11.5 Å². The topological polar surface area (TPSA) is 157 Å². The van der Waals surface area contributed by atoms with Gasteiger partial charge in [0.2, 0.25) is 9.23 Å². The van der Waals surface area contributed by atoms with Gasteiger partial charge in [-0.2, -0.15) is 0 Å². The van der Waals surface area contributed by atoms with Crippen molar-refractivity contribution < 1.29 is 47.8 Å². The van der Waals surface area contributed by atoms with Crippen molar-refractivity contribution in [1.29, 1.82) is 0 Å². The van der Waals surface area contributed by atoms with E-state index in [0.717, 1.165) is 17.2 Å². The van der Waals surface area contributed by atoms with Crippen LogP contribution in [0.2, 0.25) is 0 Å². The van der Waals surface area contributed by atoms with Crippen LogP contribution in [0.5, 0.6) is 23.0 Å². The first-order chi connectivity index (χ1) is 27.3. The summed E-state index contributed by atoms with van der Waals surface area (Å²) in [5.74, 6) is -1.59. The maximum atomic E-state index is 11.9. The van der Waals surface area contributed by atoms with Crippen molar-refractivity contribution in [3.8, 4) is 23.0 Å². The number of aliphatic carboxylic acids is 1. The molecule has 0 aliphatic carbocycles. The second-order valence-corrected chi connectivity index (χ2v) is 14.6. The number of ether oxygens (including phenoxy) is 3. The van der Waals surface area contributed by atoms with E-state index in [0.29, 0.717) is 17.1 Å². The molecule has 4 aromatic carbocycles. The zero-order valence-electron chi connectivity index (χ0n) is 34.3. The molecule has 11 nitrogen and oxygen atoms in total. The van der Waals surface area contributed by atoms with Crippen LogP contribution in [0.4, 0.5) is 0 Å². The number of carboxylic acids is 1. The van der Waals surface area contributed by atoms with E-state index < -0.39 is 33.1 Å². The molecule has 0 amide bonds. The van der Waals surface area contributed by atoms with Gasteiger partial charge < -0.3 is 29.3 Å². The second-order valence-electron chi connectivity index (χ2n) is 12.1. The SMILES string of the molecule is CC(=O)Oc1ccc(/C=C/C(=O)Oc2ccc(C)cc2)cc1OC(C)=O.CCN(CC)CC.Cc1ccc(/C=C/C(=O)O)cc1C.Cc1ccc(O)cc1.O=S(Cl)Cl. The molecular formula is C44H53Cl2NO10S. The Morgan fingerprint density at radius 3 is 1.52 bits per heavy atom. The van der Waals surface area contributed by atoms with Gasteiger partial charge in [0.1, 0.15) is 11.5 Å². The summed E-state index contributed by atoms with van der Waals surface area (Å²) in [6, 6.07) is 24.6. The summed E-state index contributed by atoms with van der Waals surface area (Å²) in [5.41, 5.74) is 6.11. The van der Waals surface area contributed by atoms with E-state index in [1.165, 1.54) is 74.5 Å². The number of nitrogens with zero attached hydrogens (tertiary/aromatic N) is 1. The Balaban J connectivity index is 0.000000836. The Bertz CT molecular complexity index is 1930. The van der Waals surface area contributed by atoms with Crippen LogP contribution >= 0.6 is 21.4 Å². The minimum atomic E-state index is -1.67. The van der Waals surface area contributed by atoms with E-state index in [-0.39, 0.29) is 11.5 Å². The lowest BCUT2D eigenvalue weighted by atomic mass is 10.1. The number of carbonyl (C=O) groups excluding carboxylic acids is 3. The molecule has 14 heteroatoms. The molecule has 0 aliphatic rings. The van der Waals surface area contributed by atoms with Gasteiger partial charge in [0.25, 0.3) is 0 Å². The highest BCUT2D eigenvalue weighted by Gasteiger charge is 2.11. The number of hydrogen-bond acceptors (Lipinski definition) is 10. The largest absolute Gasteiger partial charge is 0.508 e. The molecule has 58 heavy (non-hydrogen) atoms. The summed E-state index contributed by atoms with van der Waals surface area (Å²) >= 11 is 0. The average Bonchev–Trinajstić information content (AvgIpc) is 3.15. The zero-order chi connectivity index (χ0) is 44.2. The van der Waals surface area contributed by atoms with Crippen LogP contribution in [0.3, 0.4) is 0 Å². The van der Waals surface area contributed by atoms with Crippen molar-refractivity contribution in [3.63, 3.8) is 0 Å². The molecule has 0 atom stereocenters. The molecule has 0 saturated carbocycles. The fraction of sp³-hybridized carbons (Fsp3) is 0.273. The minimum Gasteiger partial charge on any atom is -0.508 e. The van der Waals surface area contributed by atoms with Crippen LogP contribution in [0.25, 0.3) is 12.2 Å². The fourth-order valence-electron chi connectivity index (χ4n) is 4.27. The van der Waals surface area contributed by atoms with Crippen molar-refractivity contribution >= 4 is 66.6 Å². The van der Waals surface area contributed by atoms with Gasteiger partial charge in [-0.3, -0.25) is 9.59 Å². The van der Waals surface area contributed by atoms with Crippen LogP contribution in [0.1, 0.15) is 68.0 Å². The Labute approximate surface area is 353 Å². The number of phenolic OH excluding ortho intramolecular Hbond substituents is 1. The highest BCUT2D eigenvalue weighted by atomic mass is 36.0. The summed E-state index contributed by atoms with van der Waals surface area (Å²) in [7, 11) is 7.36. The van der Waals surface area contributed by atoms with Gasteiger partial charge in [-0.1, -0.05) is 80.4 Å². The van der Waals surface area contributed by atoms with Gasteiger partial charge in [-0.15, -0.1) is 0 Å². The van der Waals surface area contributed by atoms with E-state index in [2.05, 4.69) is 47.0 Å². The molecular weight excluding hydrogens is 805 g/mol. The Morgan fingerprint density at radius 2 is 1.09 bits per heavy atom. The Morgan fingerprint density at radius 1 is 0.638 bits per heavy atom. The lowest BCUT2D eigenvalue weighted by Crippen LogP contribution is -2.21. The van der Waals surface area contributed by atoms with Gasteiger partial charge >= 0.3 is 23.9 Å². The smallest absolute Gasteiger partial charge is 0.336 e. The third-order valence-corrected chi connectivity index (χ3v) is 7.45. The maximum Gasteiger partial charge on any atom is 0.336 e. The molecule has 0 saturated heterocycles. The first-order valence-corrected chi connectivity index (χ1v) is 20.8. The van der Waals surface area contributed by atoms with Crippen molar-refractivity contribution in [1.82, 2.24) is 4.90 Å². The van der Waals surface area contributed by atoms with Gasteiger partial charge in [-0.05, 0) is 118 Å². The number of aromatic hydroxyl groups is 1. The predicted molar refractivity (Wildman–Crippen MR) is 234 cm³/mol. The number of halogens is 2. The Kier molecular flexibility index (Phi) is 27.2. The molecule has 0 unspecified atom stereocenters. The molecule has 4 aromatic rings. The first kappa shape index (κ1) is 52.7. The number of esters is 3. The second kappa shape index (κ2) is 29.9. The number of rotatable bonds is 10.